The molecule has 0 radical (unpaired) electrons. The van der Waals surface area contributed by atoms with Gasteiger partial charge in [-0.05, 0) is 24.4 Å². The van der Waals surface area contributed by atoms with E-state index in [1.165, 1.54) is 11.3 Å². The highest BCUT2D eigenvalue weighted by Crippen LogP contribution is 2.34. The average molecular weight is 299 g/mol. The van der Waals surface area contributed by atoms with E-state index in [0.717, 1.165) is 10.2 Å². The van der Waals surface area contributed by atoms with Crippen molar-refractivity contribution in [1.82, 2.24) is 4.57 Å². The molecular formula is C12H13NO4S2. The summed E-state index contributed by atoms with van der Waals surface area (Å²) in [6.45, 7) is -0.343. The first-order valence-electron chi connectivity index (χ1n) is 5.86. The second-order valence-electron chi connectivity index (χ2n) is 4.43. The zero-order valence-corrected chi connectivity index (χ0v) is 11.5. The molecule has 4 atom stereocenters. The molecule has 0 unspecified atom stereocenters. The summed E-state index contributed by atoms with van der Waals surface area (Å²) in [6.07, 6.45) is -3.78. The summed E-state index contributed by atoms with van der Waals surface area (Å²) in [5, 5.41) is 29.0. The van der Waals surface area contributed by atoms with E-state index in [-0.39, 0.29) is 6.61 Å². The molecule has 0 aliphatic carbocycles. The monoisotopic (exact) mass is 299 g/mol. The molecule has 1 aromatic heterocycles. The first kappa shape index (κ1) is 13.2. The molecule has 1 saturated heterocycles. The van der Waals surface area contributed by atoms with Crippen molar-refractivity contribution in [3.63, 3.8) is 0 Å². The highest BCUT2D eigenvalue weighted by atomic mass is 32.1. The topological polar surface area (TPSA) is 74.9 Å². The molecule has 0 bridgehead atoms. The first-order valence-corrected chi connectivity index (χ1v) is 7.08. The van der Waals surface area contributed by atoms with Gasteiger partial charge in [0.1, 0.15) is 18.3 Å². The largest absolute Gasteiger partial charge is 0.394 e. The lowest BCUT2D eigenvalue weighted by Crippen LogP contribution is -2.33. The Balaban J connectivity index is 2.10. The van der Waals surface area contributed by atoms with E-state index < -0.39 is 24.5 Å². The lowest BCUT2D eigenvalue weighted by molar-refractivity contribution is -0.0509. The number of hydrogen-bond acceptors (Lipinski definition) is 6. The van der Waals surface area contributed by atoms with Crippen molar-refractivity contribution in [3.05, 3.63) is 28.2 Å². The molecule has 0 amide bonds. The molecule has 2 heterocycles. The van der Waals surface area contributed by atoms with Gasteiger partial charge in [0, 0.05) is 0 Å². The van der Waals surface area contributed by atoms with Gasteiger partial charge in [-0.1, -0.05) is 12.1 Å². The van der Waals surface area contributed by atoms with Crippen molar-refractivity contribution < 1.29 is 20.1 Å². The van der Waals surface area contributed by atoms with E-state index in [0.29, 0.717) is 3.95 Å². The number of ether oxygens (including phenoxy) is 1. The fraction of sp³-hybridized carbons (Fsp3) is 0.417. The molecule has 19 heavy (non-hydrogen) atoms. The second-order valence-corrected chi connectivity index (χ2v) is 6.11. The molecular weight excluding hydrogens is 286 g/mol. The van der Waals surface area contributed by atoms with Gasteiger partial charge in [0.25, 0.3) is 0 Å². The zero-order valence-electron chi connectivity index (χ0n) is 9.84. The van der Waals surface area contributed by atoms with Crippen molar-refractivity contribution in [3.8, 4) is 0 Å². The molecule has 3 rings (SSSR count). The normalized spacial score (nSPS) is 31.1. The van der Waals surface area contributed by atoms with Gasteiger partial charge in [0.05, 0.1) is 16.8 Å². The maximum atomic E-state index is 10.1. The van der Waals surface area contributed by atoms with Gasteiger partial charge in [0.15, 0.2) is 10.2 Å². The number of thiazole rings is 1. The molecule has 102 valence electrons. The molecule has 2 aromatic rings. The summed E-state index contributed by atoms with van der Waals surface area (Å²) in [4.78, 5) is 0. The molecule has 1 fully saturated rings. The van der Waals surface area contributed by atoms with E-state index in [4.69, 9.17) is 22.1 Å². The Bertz CT molecular complexity index is 652. The third kappa shape index (κ3) is 2.03. The van der Waals surface area contributed by atoms with Crippen LogP contribution in [-0.2, 0) is 4.74 Å². The van der Waals surface area contributed by atoms with E-state index in [1.54, 1.807) is 4.57 Å². The minimum atomic E-state index is -1.12. The fourth-order valence-corrected chi connectivity index (χ4v) is 3.70. The predicted octanol–water partition coefficient (Wildman–Crippen LogP) is 1.04. The first-order chi connectivity index (χ1) is 9.13. The van der Waals surface area contributed by atoms with Crippen molar-refractivity contribution in [1.29, 1.82) is 0 Å². The van der Waals surface area contributed by atoms with Crippen LogP contribution in [0.2, 0.25) is 0 Å². The quantitative estimate of drug-likeness (QED) is 0.723. The number of hydrogen-bond donors (Lipinski definition) is 3. The fourth-order valence-electron chi connectivity index (χ4n) is 2.32. The van der Waals surface area contributed by atoms with Crippen LogP contribution < -0.4 is 0 Å². The molecule has 1 aliphatic heterocycles. The summed E-state index contributed by atoms with van der Waals surface area (Å²) in [5.41, 5.74) is 0.854. The zero-order chi connectivity index (χ0) is 13.6. The predicted molar refractivity (Wildman–Crippen MR) is 73.7 cm³/mol. The molecule has 7 heteroatoms. The average Bonchev–Trinajstić information content (AvgIpc) is 2.88. The van der Waals surface area contributed by atoms with E-state index in [2.05, 4.69) is 0 Å². The smallest absolute Gasteiger partial charge is 0.165 e. The highest BCUT2D eigenvalue weighted by molar-refractivity contribution is 7.73. The molecule has 5 nitrogen and oxygen atoms in total. The Morgan fingerprint density at radius 1 is 1.26 bits per heavy atom. The Morgan fingerprint density at radius 2 is 2.00 bits per heavy atom. The Morgan fingerprint density at radius 3 is 2.68 bits per heavy atom. The minimum Gasteiger partial charge on any atom is -0.394 e. The van der Waals surface area contributed by atoms with Crippen molar-refractivity contribution in [2.75, 3.05) is 6.61 Å². The number of aromatic nitrogens is 1. The van der Waals surface area contributed by atoms with Crippen LogP contribution in [0.25, 0.3) is 10.2 Å². The van der Waals surface area contributed by atoms with Gasteiger partial charge in [-0.15, -0.1) is 11.3 Å². The maximum Gasteiger partial charge on any atom is 0.165 e. The van der Waals surface area contributed by atoms with Crippen LogP contribution in [0.15, 0.2) is 24.3 Å². The van der Waals surface area contributed by atoms with Gasteiger partial charge >= 0.3 is 0 Å². The number of para-hydroxylation sites is 1. The van der Waals surface area contributed by atoms with Crippen molar-refractivity contribution in [2.45, 2.75) is 24.5 Å². The van der Waals surface area contributed by atoms with Crippen molar-refractivity contribution >= 4 is 33.8 Å². The molecule has 0 spiro atoms. The van der Waals surface area contributed by atoms with Gasteiger partial charge < -0.3 is 20.1 Å². The summed E-state index contributed by atoms with van der Waals surface area (Å²) < 4.78 is 8.77. The number of fused-ring (bicyclic) bond motifs is 1. The Hall–Kier alpha value is -0.830. The standard InChI is InChI=1S/C12H13NO4S2/c14-5-7-9(15)10(16)11(17-7)13-6-3-1-2-4-8(6)19-12(13)18/h1-4,7,9-11,14-16H,5H2/t7-,9-,10-,11-/m1/s1. The molecule has 3 N–H and O–H groups in total. The Kier molecular flexibility index (Phi) is 3.42. The van der Waals surface area contributed by atoms with E-state index in [9.17, 15) is 10.2 Å². The number of rotatable bonds is 2. The van der Waals surface area contributed by atoms with Crippen LogP contribution in [-0.4, -0.2) is 44.8 Å². The SMILES string of the molecule is OC[C@H]1O[C@@H](n2c(=S)sc3ccccc32)[C@H](O)[C@@H]1O. The summed E-state index contributed by atoms with van der Waals surface area (Å²) in [6, 6.07) is 7.61. The number of aliphatic hydroxyl groups excluding tert-OH is 3. The van der Waals surface area contributed by atoms with Gasteiger partial charge in [-0.2, -0.15) is 0 Å². The minimum absolute atomic E-state index is 0.343. The number of aliphatic hydroxyl groups is 3. The van der Waals surface area contributed by atoms with Crippen LogP contribution in [0, 0.1) is 3.95 Å². The van der Waals surface area contributed by atoms with Crippen molar-refractivity contribution in [2.24, 2.45) is 0 Å². The van der Waals surface area contributed by atoms with Crippen LogP contribution in [0.4, 0.5) is 0 Å². The molecule has 1 aliphatic rings. The van der Waals surface area contributed by atoms with E-state index in [1.807, 2.05) is 24.3 Å². The third-order valence-electron chi connectivity index (χ3n) is 3.29. The lowest BCUT2D eigenvalue weighted by Gasteiger charge is -2.17. The summed E-state index contributed by atoms with van der Waals surface area (Å²) >= 11 is 6.72. The summed E-state index contributed by atoms with van der Waals surface area (Å²) in [5.74, 6) is 0. The van der Waals surface area contributed by atoms with Gasteiger partial charge in [0.2, 0.25) is 0 Å². The maximum absolute atomic E-state index is 10.1. The number of nitrogens with zero attached hydrogens (tertiary/aromatic N) is 1. The second kappa shape index (κ2) is 4.93. The third-order valence-corrected chi connectivity index (χ3v) is 4.67. The number of benzene rings is 1. The van der Waals surface area contributed by atoms with Crippen LogP contribution in [0.1, 0.15) is 6.23 Å². The van der Waals surface area contributed by atoms with Crippen LogP contribution in [0.5, 0.6) is 0 Å². The van der Waals surface area contributed by atoms with Gasteiger partial charge in [-0.25, -0.2) is 0 Å². The highest BCUT2D eigenvalue weighted by Gasteiger charge is 2.43. The molecule has 1 aromatic carbocycles. The van der Waals surface area contributed by atoms with Gasteiger partial charge in [-0.3, -0.25) is 4.57 Å². The lowest BCUT2D eigenvalue weighted by atomic mass is 10.1. The van der Waals surface area contributed by atoms with E-state index >= 15 is 0 Å². The molecule has 0 saturated carbocycles. The Labute approximate surface area is 118 Å². The van der Waals surface area contributed by atoms with Crippen LogP contribution >= 0.6 is 23.6 Å². The van der Waals surface area contributed by atoms with Crippen LogP contribution in [0.3, 0.4) is 0 Å². The summed E-state index contributed by atoms with van der Waals surface area (Å²) in [7, 11) is 0.